The topological polar surface area (TPSA) is 86.5 Å². The van der Waals surface area contributed by atoms with Gasteiger partial charge in [-0.1, -0.05) is 23.7 Å². The molecule has 0 atom stereocenters. The van der Waals surface area contributed by atoms with Crippen LogP contribution in [0.25, 0.3) is 11.5 Å². The lowest BCUT2D eigenvalue weighted by molar-refractivity contribution is 0.0916. The maximum Gasteiger partial charge on any atom is 0.309 e. The minimum atomic E-state index is -0.460. The second kappa shape index (κ2) is 6.45. The fourth-order valence-corrected chi connectivity index (χ4v) is 2.55. The van der Waals surface area contributed by atoms with Gasteiger partial charge in [0.25, 0.3) is 0 Å². The predicted octanol–water partition coefficient (Wildman–Crippen LogP) is 3.05. The van der Waals surface area contributed by atoms with Crippen molar-refractivity contribution in [1.29, 1.82) is 0 Å². The van der Waals surface area contributed by atoms with Gasteiger partial charge in [-0.2, -0.15) is 0 Å². The first-order valence-electron chi connectivity index (χ1n) is 7.45. The molecule has 7 nitrogen and oxygen atoms in total. The van der Waals surface area contributed by atoms with Crippen LogP contribution < -0.4 is 14.8 Å². The van der Waals surface area contributed by atoms with Gasteiger partial charge < -0.3 is 19.2 Å². The average molecular weight is 358 g/mol. The van der Waals surface area contributed by atoms with Gasteiger partial charge in [0.15, 0.2) is 11.5 Å². The minimum absolute atomic E-state index is 0.115. The molecule has 1 N–H and O–H groups in total. The molecule has 0 radical (unpaired) electrons. The molecule has 0 saturated carbocycles. The van der Waals surface area contributed by atoms with E-state index in [0.29, 0.717) is 28.6 Å². The molecule has 0 aliphatic carbocycles. The van der Waals surface area contributed by atoms with Crippen molar-refractivity contribution in [3.05, 3.63) is 58.9 Å². The van der Waals surface area contributed by atoms with Crippen molar-refractivity contribution >= 4 is 17.5 Å². The Hall–Kier alpha value is -3.06. The number of carbonyl (C=O) groups excluding carboxylic acids is 1. The van der Waals surface area contributed by atoms with Crippen molar-refractivity contribution < 1.29 is 18.7 Å². The number of rotatable bonds is 4. The van der Waals surface area contributed by atoms with Gasteiger partial charge in [0, 0.05) is 17.1 Å². The Balaban J connectivity index is 1.43. The normalized spacial score (nSPS) is 12.2. The van der Waals surface area contributed by atoms with E-state index >= 15 is 0 Å². The fourth-order valence-electron chi connectivity index (χ4n) is 2.36. The zero-order valence-corrected chi connectivity index (χ0v) is 13.6. The van der Waals surface area contributed by atoms with E-state index < -0.39 is 5.91 Å². The molecule has 25 heavy (non-hydrogen) atoms. The van der Waals surface area contributed by atoms with Crippen molar-refractivity contribution in [1.82, 2.24) is 15.5 Å². The molecular formula is C17H12ClN3O4. The summed E-state index contributed by atoms with van der Waals surface area (Å²) in [6.45, 7) is 0.504. The molecule has 3 aromatic rings. The second-order valence-electron chi connectivity index (χ2n) is 5.29. The van der Waals surface area contributed by atoms with E-state index in [1.807, 2.05) is 12.1 Å². The molecule has 1 aromatic heterocycles. The number of ether oxygens (including phenoxy) is 2. The van der Waals surface area contributed by atoms with Crippen LogP contribution in [0.1, 0.15) is 16.2 Å². The Morgan fingerprint density at radius 1 is 1.12 bits per heavy atom. The maximum absolute atomic E-state index is 12.2. The van der Waals surface area contributed by atoms with E-state index in [2.05, 4.69) is 15.5 Å². The van der Waals surface area contributed by atoms with Crippen molar-refractivity contribution in [3.8, 4) is 23.0 Å². The lowest BCUT2D eigenvalue weighted by atomic mass is 10.2. The van der Waals surface area contributed by atoms with E-state index in [4.69, 9.17) is 25.5 Å². The highest BCUT2D eigenvalue weighted by Crippen LogP contribution is 2.32. The van der Waals surface area contributed by atoms with Gasteiger partial charge in [-0.05, 0) is 35.9 Å². The minimum Gasteiger partial charge on any atom is -0.454 e. The zero-order chi connectivity index (χ0) is 17.2. The van der Waals surface area contributed by atoms with Crippen LogP contribution in [-0.2, 0) is 6.54 Å². The van der Waals surface area contributed by atoms with E-state index in [9.17, 15) is 4.79 Å². The summed E-state index contributed by atoms with van der Waals surface area (Å²) in [5, 5.41) is 10.9. The molecule has 2 heterocycles. The van der Waals surface area contributed by atoms with Gasteiger partial charge in [-0.3, -0.25) is 4.79 Å². The predicted molar refractivity (Wildman–Crippen MR) is 88.5 cm³/mol. The molecule has 8 heteroatoms. The summed E-state index contributed by atoms with van der Waals surface area (Å²) >= 11 is 5.93. The third kappa shape index (κ3) is 3.27. The van der Waals surface area contributed by atoms with Gasteiger partial charge >= 0.3 is 11.8 Å². The molecule has 126 valence electrons. The van der Waals surface area contributed by atoms with Crippen LogP contribution in [-0.4, -0.2) is 22.9 Å². The largest absolute Gasteiger partial charge is 0.454 e. The third-order valence-corrected chi connectivity index (χ3v) is 3.82. The van der Waals surface area contributed by atoms with Gasteiger partial charge in [0.1, 0.15) is 0 Å². The van der Waals surface area contributed by atoms with Crippen LogP contribution in [0.2, 0.25) is 5.02 Å². The van der Waals surface area contributed by atoms with E-state index in [-0.39, 0.29) is 18.6 Å². The molecule has 2 aromatic carbocycles. The molecule has 0 bridgehead atoms. The number of amides is 1. The summed E-state index contributed by atoms with van der Waals surface area (Å²) in [5.74, 6) is 1.01. The first-order valence-corrected chi connectivity index (χ1v) is 7.83. The quantitative estimate of drug-likeness (QED) is 0.772. The maximum atomic E-state index is 12.2. The number of fused-ring (bicyclic) bond motifs is 1. The first kappa shape index (κ1) is 15.5. The fraction of sp³-hybridized carbons (Fsp3) is 0.118. The average Bonchev–Trinajstić information content (AvgIpc) is 3.28. The number of benzene rings is 2. The van der Waals surface area contributed by atoms with Crippen molar-refractivity contribution in [2.24, 2.45) is 0 Å². The van der Waals surface area contributed by atoms with E-state index in [0.717, 1.165) is 5.56 Å². The van der Waals surface area contributed by atoms with Crippen molar-refractivity contribution in [3.63, 3.8) is 0 Å². The Morgan fingerprint density at radius 3 is 2.88 bits per heavy atom. The molecular weight excluding hydrogens is 346 g/mol. The Labute approximate surface area is 147 Å². The summed E-state index contributed by atoms with van der Waals surface area (Å²) < 4.78 is 16.0. The van der Waals surface area contributed by atoms with Crippen LogP contribution in [0.4, 0.5) is 0 Å². The number of nitrogens with one attached hydrogen (secondary N) is 1. The standard InChI is InChI=1S/C17H12ClN3O4/c18-12-3-1-2-11(7-12)16-20-21-17(25-16)15(22)19-8-10-4-5-13-14(6-10)24-9-23-13/h1-7H,8-9H2,(H,19,22). The van der Waals surface area contributed by atoms with Crippen molar-refractivity contribution in [2.45, 2.75) is 6.54 Å². The number of hydrogen-bond acceptors (Lipinski definition) is 6. The summed E-state index contributed by atoms with van der Waals surface area (Å²) in [6, 6.07) is 12.4. The van der Waals surface area contributed by atoms with E-state index in [1.54, 1.807) is 30.3 Å². The van der Waals surface area contributed by atoms with Gasteiger partial charge in [-0.15, -0.1) is 10.2 Å². The van der Waals surface area contributed by atoms with Gasteiger partial charge in [0.05, 0.1) is 0 Å². The van der Waals surface area contributed by atoms with Gasteiger partial charge in [0.2, 0.25) is 12.7 Å². The smallest absolute Gasteiger partial charge is 0.309 e. The highest BCUT2D eigenvalue weighted by molar-refractivity contribution is 6.30. The van der Waals surface area contributed by atoms with Crippen LogP contribution in [0, 0.1) is 0 Å². The second-order valence-corrected chi connectivity index (χ2v) is 5.73. The van der Waals surface area contributed by atoms with Crippen LogP contribution >= 0.6 is 11.6 Å². The first-order chi connectivity index (χ1) is 12.2. The molecule has 0 saturated heterocycles. The molecule has 1 aliphatic heterocycles. The number of nitrogens with zero attached hydrogens (tertiary/aromatic N) is 2. The highest BCUT2D eigenvalue weighted by Gasteiger charge is 2.17. The zero-order valence-electron chi connectivity index (χ0n) is 12.9. The SMILES string of the molecule is O=C(NCc1ccc2c(c1)OCO2)c1nnc(-c2cccc(Cl)c2)o1. The number of halogens is 1. The molecule has 0 fully saturated rings. The van der Waals surface area contributed by atoms with Gasteiger partial charge in [-0.25, -0.2) is 0 Å². The summed E-state index contributed by atoms with van der Waals surface area (Å²) in [5.41, 5.74) is 1.52. The van der Waals surface area contributed by atoms with Crippen LogP contribution in [0.15, 0.2) is 46.9 Å². The van der Waals surface area contributed by atoms with Crippen LogP contribution in [0.5, 0.6) is 11.5 Å². The van der Waals surface area contributed by atoms with E-state index in [1.165, 1.54) is 0 Å². The summed E-state index contributed by atoms with van der Waals surface area (Å²) in [7, 11) is 0. The number of aromatic nitrogens is 2. The van der Waals surface area contributed by atoms with Crippen LogP contribution in [0.3, 0.4) is 0 Å². The Bertz CT molecular complexity index is 941. The molecule has 1 amide bonds. The molecule has 4 rings (SSSR count). The number of carbonyl (C=O) groups is 1. The summed E-state index contributed by atoms with van der Waals surface area (Å²) in [6.07, 6.45) is 0. The highest BCUT2D eigenvalue weighted by atomic mass is 35.5. The molecule has 1 aliphatic rings. The molecule has 0 spiro atoms. The third-order valence-electron chi connectivity index (χ3n) is 3.58. The lowest BCUT2D eigenvalue weighted by Crippen LogP contribution is -2.23. The number of hydrogen-bond donors (Lipinski definition) is 1. The monoisotopic (exact) mass is 357 g/mol. The lowest BCUT2D eigenvalue weighted by Gasteiger charge is -2.04. The summed E-state index contributed by atoms with van der Waals surface area (Å²) in [4.78, 5) is 12.2. The molecule has 0 unspecified atom stereocenters. The van der Waals surface area contributed by atoms with Crippen molar-refractivity contribution in [2.75, 3.05) is 6.79 Å². The Morgan fingerprint density at radius 2 is 2.00 bits per heavy atom. The Kier molecular flexibility index (Phi) is 3.99.